The van der Waals surface area contributed by atoms with E-state index in [2.05, 4.69) is 10.3 Å². The average molecular weight is 223 g/mol. The normalized spacial score (nSPS) is 12.4. The highest BCUT2D eigenvalue weighted by Crippen LogP contribution is 2.15. The summed E-state index contributed by atoms with van der Waals surface area (Å²) in [5.74, 6) is 1.13. The van der Waals surface area contributed by atoms with Crippen molar-refractivity contribution in [1.29, 1.82) is 0 Å². The lowest BCUT2D eigenvalue weighted by Crippen LogP contribution is -2.09. The van der Waals surface area contributed by atoms with E-state index in [9.17, 15) is 0 Å². The summed E-state index contributed by atoms with van der Waals surface area (Å²) in [6, 6.07) is 3.76. The van der Waals surface area contributed by atoms with Crippen molar-refractivity contribution < 1.29 is 5.11 Å². The van der Waals surface area contributed by atoms with Gasteiger partial charge in [-0.3, -0.25) is 0 Å². The fraction of sp³-hybridized carbons (Fsp3) is 0.583. The van der Waals surface area contributed by atoms with Gasteiger partial charge < -0.3 is 16.2 Å². The van der Waals surface area contributed by atoms with Crippen LogP contribution < -0.4 is 11.1 Å². The van der Waals surface area contributed by atoms with Gasteiger partial charge in [0, 0.05) is 18.8 Å². The maximum Gasteiger partial charge on any atom is 0.149 e. The molecular weight excluding hydrogens is 202 g/mol. The van der Waals surface area contributed by atoms with E-state index in [1.807, 2.05) is 26.0 Å². The van der Waals surface area contributed by atoms with Gasteiger partial charge >= 0.3 is 0 Å². The summed E-state index contributed by atoms with van der Waals surface area (Å²) >= 11 is 0. The van der Waals surface area contributed by atoms with Gasteiger partial charge in [0.1, 0.15) is 5.82 Å². The molecule has 0 aliphatic carbocycles. The monoisotopic (exact) mass is 223 g/mol. The molecule has 1 heterocycles. The Balaban J connectivity index is 2.34. The molecule has 0 bridgehead atoms. The summed E-state index contributed by atoms with van der Waals surface area (Å²) in [7, 11) is 0. The van der Waals surface area contributed by atoms with Crippen LogP contribution in [0.3, 0.4) is 0 Å². The van der Waals surface area contributed by atoms with E-state index in [0.29, 0.717) is 11.6 Å². The maximum atomic E-state index is 8.88. The maximum absolute atomic E-state index is 8.88. The van der Waals surface area contributed by atoms with Gasteiger partial charge in [-0.15, -0.1) is 0 Å². The zero-order valence-electron chi connectivity index (χ0n) is 10.0. The summed E-state index contributed by atoms with van der Waals surface area (Å²) in [6.07, 6.45) is 2.02. The molecule has 0 aliphatic rings. The van der Waals surface area contributed by atoms with Crippen LogP contribution in [0.2, 0.25) is 0 Å². The van der Waals surface area contributed by atoms with Crippen LogP contribution in [0.15, 0.2) is 12.1 Å². The summed E-state index contributed by atoms with van der Waals surface area (Å²) < 4.78 is 0. The molecule has 1 unspecified atom stereocenters. The minimum Gasteiger partial charge on any atom is -0.396 e. The minimum absolute atomic E-state index is 0.255. The topological polar surface area (TPSA) is 71.2 Å². The first-order valence-corrected chi connectivity index (χ1v) is 5.71. The first-order valence-electron chi connectivity index (χ1n) is 5.71. The molecule has 16 heavy (non-hydrogen) atoms. The number of rotatable bonds is 6. The van der Waals surface area contributed by atoms with E-state index in [1.165, 1.54) is 0 Å². The van der Waals surface area contributed by atoms with Crippen molar-refractivity contribution in [2.75, 3.05) is 24.2 Å². The predicted molar refractivity (Wildman–Crippen MR) is 67.4 cm³/mol. The van der Waals surface area contributed by atoms with Gasteiger partial charge in [0.15, 0.2) is 0 Å². The third kappa shape index (κ3) is 4.06. The Morgan fingerprint density at radius 2 is 2.25 bits per heavy atom. The molecule has 0 saturated carbocycles. The Kier molecular flexibility index (Phi) is 5.05. The van der Waals surface area contributed by atoms with Crippen molar-refractivity contribution in [1.82, 2.24) is 4.98 Å². The number of nitrogen functional groups attached to an aromatic ring is 1. The van der Waals surface area contributed by atoms with Crippen molar-refractivity contribution >= 4 is 11.5 Å². The van der Waals surface area contributed by atoms with E-state index >= 15 is 0 Å². The molecule has 1 rings (SSSR count). The first kappa shape index (κ1) is 12.8. The van der Waals surface area contributed by atoms with Crippen LogP contribution in [0.4, 0.5) is 11.5 Å². The summed E-state index contributed by atoms with van der Waals surface area (Å²) in [5, 5.41) is 12.1. The number of aliphatic hydroxyl groups is 1. The highest BCUT2D eigenvalue weighted by Gasteiger charge is 2.02. The van der Waals surface area contributed by atoms with Crippen molar-refractivity contribution in [2.24, 2.45) is 5.92 Å². The number of nitrogens with zero attached hydrogens (tertiary/aromatic N) is 1. The van der Waals surface area contributed by atoms with Gasteiger partial charge in [0.25, 0.3) is 0 Å². The van der Waals surface area contributed by atoms with Crippen molar-refractivity contribution in [3.8, 4) is 0 Å². The molecule has 0 amide bonds. The number of hydrogen-bond donors (Lipinski definition) is 3. The molecule has 0 aliphatic heterocycles. The molecule has 1 aromatic heterocycles. The molecule has 0 saturated heterocycles. The van der Waals surface area contributed by atoms with E-state index in [1.54, 1.807) is 0 Å². The number of nitrogens with two attached hydrogens (primary N) is 1. The molecule has 4 heteroatoms. The second-order valence-corrected chi connectivity index (χ2v) is 4.25. The van der Waals surface area contributed by atoms with Crippen LogP contribution >= 0.6 is 0 Å². The van der Waals surface area contributed by atoms with E-state index in [0.717, 1.165) is 30.9 Å². The van der Waals surface area contributed by atoms with E-state index < -0.39 is 0 Å². The lowest BCUT2D eigenvalue weighted by Gasteiger charge is -2.10. The van der Waals surface area contributed by atoms with Gasteiger partial charge in [0.2, 0.25) is 0 Å². The van der Waals surface area contributed by atoms with E-state index in [4.69, 9.17) is 10.8 Å². The number of anilines is 2. The Hall–Kier alpha value is -1.29. The van der Waals surface area contributed by atoms with Gasteiger partial charge in [0.05, 0.1) is 5.69 Å². The predicted octanol–water partition coefficient (Wildman–Crippen LogP) is 1.79. The lowest BCUT2D eigenvalue weighted by molar-refractivity contribution is 0.229. The van der Waals surface area contributed by atoms with Crippen LogP contribution in [-0.2, 0) is 0 Å². The number of aliphatic hydroxyl groups excluding tert-OH is 1. The molecule has 0 radical (unpaired) electrons. The molecule has 1 atom stereocenters. The quantitative estimate of drug-likeness (QED) is 0.643. The van der Waals surface area contributed by atoms with Gasteiger partial charge in [-0.25, -0.2) is 4.98 Å². The Morgan fingerprint density at radius 3 is 2.94 bits per heavy atom. The molecule has 0 fully saturated rings. The number of aromatic nitrogens is 1. The van der Waals surface area contributed by atoms with Crippen molar-refractivity contribution in [3.05, 3.63) is 17.8 Å². The number of aryl methyl sites for hydroxylation is 1. The zero-order valence-corrected chi connectivity index (χ0v) is 10.0. The van der Waals surface area contributed by atoms with Crippen LogP contribution in [0.25, 0.3) is 0 Å². The second kappa shape index (κ2) is 6.33. The Labute approximate surface area is 96.9 Å². The first-order chi connectivity index (χ1) is 7.63. The highest BCUT2D eigenvalue weighted by atomic mass is 16.3. The summed E-state index contributed by atoms with van der Waals surface area (Å²) in [6.45, 7) is 5.08. The fourth-order valence-electron chi connectivity index (χ4n) is 1.46. The summed E-state index contributed by atoms with van der Waals surface area (Å²) in [4.78, 5) is 4.32. The molecule has 0 aromatic carbocycles. The fourth-order valence-corrected chi connectivity index (χ4v) is 1.46. The van der Waals surface area contributed by atoms with Crippen LogP contribution in [0.1, 0.15) is 25.5 Å². The molecule has 4 N–H and O–H groups in total. The highest BCUT2D eigenvalue weighted by molar-refractivity contribution is 5.61. The van der Waals surface area contributed by atoms with E-state index in [-0.39, 0.29) is 6.61 Å². The Morgan fingerprint density at radius 1 is 1.50 bits per heavy atom. The third-order valence-corrected chi connectivity index (χ3v) is 2.54. The lowest BCUT2D eigenvalue weighted by atomic mass is 10.1. The standard InChI is InChI=1S/C12H21N3O/c1-9(8-16)4-3-7-14-12-11(13)6-5-10(2)15-12/h5-6,9,16H,3-4,7-8,13H2,1-2H3,(H,14,15). The smallest absolute Gasteiger partial charge is 0.149 e. The molecule has 90 valence electrons. The van der Waals surface area contributed by atoms with Crippen LogP contribution in [-0.4, -0.2) is 23.2 Å². The molecule has 0 spiro atoms. The van der Waals surface area contributed by atoms with Crippen LogP contribution in [0.5, 0.6) is 0 Å². The number of pyridine rings is 1. The average Bonchev–Trinajstić information content (AvgIpc) is 2.28. The minimum atomic E-state index is 0.255. The summed E-state index contributed by atoms with van der Waals surface area (Å²) in [5.41, 5.74) is 7.43. The zero-order chi connectivity index (χ0) is 12.0. The van der Waals surface area contributed by atoms with Crippen molar-refractivity contribution in [3.63, 3.8) is 0 Å². The Bertz CT molecular complexity index is 328. The number of nitrogens with one attached hydrogen (secondary N) is 1. The van der Waals surface area contributed by atoms with Crippen molar-refractivity contribution in [2.45, 2.75) is 26.7 Å². The third-order valence-electron chi connectivity index (χ3n) is 2.54. The second-order valence-electron chi connectivity index (χ2n) is 4.25. The molecule has 1 aromatic rings. The molecule has 4 nitrogen and oxygen atoms in total. The largest absolute Gasteiger partial charge is 0.396 e. The van der Waals surface area contributed by atoms with Gasteiger partial charge in [-0.2, -0.15) is 0 Å². The van der Waals surface area contributed by atoms with Crippen LogP contribution in [0, 0.1) is 12.8 Å². The van der Waals surface area contributed by atoms with Gasteiger partial charge in [-0.1, -0.05) is 6.92 Å². The molecular formula is C12H21N3O. The number of hydrogen-bond acceptors (Lipinski definition) is 4. The SMILES string of the molecule is Cc1ccc(N)c(NCCCC(C)CO)n1. The van der Waals surface area contributed by atoms with Gasteiger partial charge in [-0.05, 0) is 37.8 Å².